The molecule has 162 valence electrons. The van der Waals surface area contributed by atoms with Gasteiger partial charge in [-0.1, -0.05) is 29.8 Å². The van der Waals surface area contributed by atoms with Crippen LogP contribution in [0.5, 0.6) is 0 Å². The summed E-state index contributed by atoms with van der Waals surface area (Å²) >= 11 is 0. The number of carbonyl (C=O) groups is 1. The molecular weight excluding hydrogens is 412 g/mol. The monoisotopic (exact) mass is 432 g/mol. The van der Waals surface area contributed by atoms with Crippen molar-refractivity contribution >= 4 is 22.6 Å². The van der Waals surface area contributed by atoms with Crippen molar-refractivity contribution < 1.29 is 9.72 Å². The first kappa shape index (κ1) is 20.9. The van der Waals surface area contributed by atoms with Crippen molar-refractivity contribution in [2.24, 2.45) is 0 Å². The number of nitrogens with one attached hydrogen (secondary N) is 1. The Morgan fingerprint density at radius 1 is 1.12 bits per heavy atom. The van der Waals surface area contributed by atoms with Gasteiger partial charge in [0.25, 0.3) is 17.2 Å². The third-order valence-electron chi connectivity index (χ3n) is 5.05. The normalized spacial score (nSPS) is 10.9. The average Bonchev–Trinajstić information content (AvgIpc) is 3.20. The summed E-state index contributed by atoms with van der Waals surface area (Å²) < 4.78 is 3.00. The van der Waals surface area contributed by atoms with Crippen molar-refractivity contribution in [1.29, 1.82) is 0 Å². The number of rotatable bonds is 7. The van der Waals surface area contributed by atoms with E-state index in [4.69, 9.17) is 0 Å². The quantitative estimate of drug-likeness (QED) is 0.353. The number of benzene rings is 2. The Bertz CT molecular complexity index is 1340. The van der Waals surface area contributed by atoms with Gasteiger partial charge in [0.1, 0.15) is 11.7 Å². The summed E-state index contributed by atoms with van der Waals surface area (Å²) in [4.78, 5) is 39.7. The van der Waals surface area contributed by atoms with Gasteiger partial charge in [0.05, 0.1) is 24.2 Å². The molecule has 0 saturated carbocycles. The molecule has 10 heteroatoms. The molecule has 0 fully saturated rings. The molecule has 10 nitrogen and oxygen atoms in total. The van der Waals surface area contributed by atoms with E-state index in [0.29, 0.717) is 29.7 Å². The molecule has 32 heavy (non-hydrogen) atoms. The number of nitrogens with zero attached hydrogens (tertiary/aromatic N) is 5. The second-order valence-corrected chi connectivity index (χ2v) is 7.33. The Balaban J connectivity index is 1.44. The molecule has 0 aliphatic carbocycles. The first-order valence-electron chi connectivity index (χ1n) is 9.91. The van der Waals surface area contributed by atoms with Crippen molar-refractivity contribution in [3.63, 3.8) is 0 Å². The molecule has 1 N–H and O–H groups in total. The van der Waals surface area contributed by atoms with E-state index in [1.54, 1.807) is 28.9 Å². The minimum atomic E-state index is -0.471. The molecule has 0 aliphatic heterocycles. The summed E-state index contributed by atoms with van der Waals surface area (Å²) in [5.74, 6) is -0.181. The largest absolute Gasteiger partial charge is 0.350 e. The topological polar surface area (TPSA) is 125 Å². The second-order valence-electron chi connectivity index (χ2n) is 7.33. The number of hydrogen-bond acceptors (Lipinski definition) is 6. The van der Waals surface area contributed by atoms with Gasteiger partial charge >= 0.3 is 0 Å². The number of hydrogen-bond donors (Lipinski definition) is 1. The molecule has 0 aliphatic rings. The van der Waals surface area contributed by atoms with E-state index >= 15 is 0 Å². The van der Waals surface area contributed by atoms with Gasteiger partial charge in [-0.15, -0.1) is 0 Å². The van der Waals surface area contributed by atoms with E-state index < -0.39 is 4.92 Å². The predicted octanol–water partition coefficient (Wildman–Crippen LogP) is 2.29. The standard InChI is InChI=1S/C22H20N6O4/c1-15-2-6-17(7-3-15)21(29)23-10-11-27-20-19(12-25-27)22(30)26(14-24-20)13-16-4-8-18(9-5-16)28(31)32/h2-9,12,14H,10-11,13H2,1H3,(H,23,29). The SMILES string of the molecule is Cc1ccc(C(=O)NCCn2ncc3c(=O)n(Cc4ccc([N+](=O)[O-])cc4)cnc32)cc1. The lowest BCUT2D eigenvalue weighted by Crippen LogP contribution is -2.27. The smallest absolute Gasteiger partial charge is 0.269 e. The Labute approximate surface area is 182 Å². The highest BCUT2D eigenvalue weighted by atomic mass is 16.6. The van der Waals surface area contributed by atoms with Crippen molar-refractivity contribution in [1.82, 2.24) is 24.6 Å². The zero-order valence-corrected chi connectivity index (χ0v) is 17.3. The van der Waals surface area contributed by atoms with Crippen LogP contribution in [0.1, 0.15) is 21.5 Å². The lowest BCUT2D eigenvalue weighted by Gasteiger charge is -2.08. The molecule has 2 aromatic heterocycles. The number of nitro benzene ring substituents is 1. The number of aryl methyl sites for hydroxylation is 1. The third kappa shape index (κ3) is 4.38. The molecular formula is C22H20N6O4. The number of amides is 1. The maximum Gasteiger partial charge on any atom is 0.269 e. The van der Waals surface area contributed by atoms with E-state index in [-0.39, 0.29) is 23.7 Å². The number of non-ortho nitro benzene ring substituents is 1. The summed E-state index contributed by atoms with van der Waals surface area (Å²) in [6.07, 6.45) is 2.88. The fourth-order valence-corrected chi connectivity index (χ4v) is 3.28. The van der Waals surface area contributed by atoms with Crippen molar-refractivity contribution in [2.75, 3.05) is 6.54 Å². The molecule has 0 atom stereocenters. The van der Waals surface area contributed by atoms with Crippen LogP contribution in [-0.4, -0.2) is 36.7 Å². The average molecular weight is 432 g/mol. The summed E-state index contributed by atoms with van der Waals surface area (Å²) in [5, 5.41) is 18.2. The summed E-state index contributed by atoms with van der Waals surface area (Å²) in [6.45, 7) is 2.88. The molecule has 0 bridgehead atoms. The van der Waals surface area contributed by atoms with E-state index in [0.717, 1.165) is 11.1 Å². The Morgan fingerprint density at radius 3 is 2.53 bits per heavy atom. The van der Waals surface area contributed by atoms with Crippen LogP contribution in [-0.2, 0) is 13.1 Å². The van der Waals surface area contributed by atoms with Gasteiger partial charge < -0.3 is 5.32 Å². The van der Waals surface area contributed by atoms with E-state index in [1.165, 1.54) is 29.2 Å². The number of fused-ring (bicyclic) bond motifs is 1. The van der Waals surface area contributed by atoms with Crippen LogP contribution in [0.25, 0.3) is 11.0 Å². The van der Waals surface area contributed by atoms with E-state index in [9.17, 15) is 19.7 Å². The predicted molar refractivity (Wildman–Crippen MR) is 117 cm³/mol. The van der Waals surface area contributed by atoms with Gasteiger partial charge in [-0.3, -0.25) is 24.3 Å². The zero-order valence-electron chi connectivity index (χ0n) is 17.3. The van der Waals surface area contributed by atoms with Crippen LogP contribution < -0.4 is 10.9 Å². The van der Waals surface area contributed by atoms with Crippen molar-refractivity contribution in [2.45, 2.75) is 20.0 Å². The highest BCUT2D eigenvalue weighted by molar-refractivity contribution is 5.94. The summed E-state index contributed by atoms with van der Waals surface area (Å²) in [7, 11) is 0. The zero-order chi connectivity index (χ0) is 22.7. The highest BCUT2D eigenvalue weighted by Crippen LogP contribution is 2.13. The van der Waals surface area contributed by atoms with Gasteiger partial charge in [0, 0.05) is 24.2 Å². The molecule has 0 saturated heterocycles. The van der Waals surface area contributed by atoms with Gasteiger partial charge in [0.15, 0.2) is 5.65 Å². The Hall–Kier alpha value is -4.34. The minimum absolute atomic E-state index is 0.00887. The Kier molecular flexibility index (Phi) is 5.75. The van der Waals surface area contributed by atoms with E-state index in [1.807, 2.05) is 19.1 Å². The van der Waals surface area contributed by atoms with Crippen LogP contribution in [0.4, 0.5) is 5.69 Å². The van der Waals surface area contributed by atoms with Gasteiger partial charge in [-0.05, 0) is 24.6 Å². The van der Waals surface area contributed by atoms with E-state index in [2.05, 4.69) is 15.4 Å². The number of aromatic nitrogens is 4. The van der Waals surface area contributed by atoms with Crippen LogP contribution in [0, 0.1) is 17.0 Å². The molecule has 4 rings (SSSR count). The molecule has 1 amide bonds. The van der Waals surface area contributed by atoms with Crippen LogP contribution in [0.15, 0.2) is 65.8 Å². The molecule has 0 unspecified atom stereocenters. The summed E-state index contributed by atoms with van der Waals surface area (Å²) in [5.41, 5.74) is 2.56. The van der Waals surface area contributed by atoms with Gasteiger partial charge in [-0.2, -0.15) is 5.10 Å². The fourth-order valence-electron chi connectivity index (χ4n) is 3.28. The molecule has 2 aromatic carbocycles. The maximum absolute atomic E-state index is 12.8. The van der Waals surface area contributed by atoms with Gasteiger partial charge in [0.2, 0.25) is 0 Å². The minimum Gasteiger partial charge on any atom is -0.350 e. The Morgan fingerprint density at radius 2 is 1.84 bits per heavy atom. The van der Waals surface area contributed by atoms with Crippen molar-refractivity contribution in [3.8, 4) is 0 Å². The third-order valence-corrected chi connectivity index (χ3v) is 5.05. The maximum atomic E-state index is 12.8. The molecule has 2 heterocycles. The second kappa shape index (κ2) is 8.80. The lowest BCUT2D eigenvalue weighted by molar-refractivity contribution is -0.384. The van der Waals surface area contributed by atoms with Gasteiger partial charge in [-0.25, -0.2) is 9.67 Å². The van der Waals surface area contributed by atoms with Crippen LogP contribution in [0.2, 0.25) is 0 Å². The molecule has 4 aromatic rings. The lowest BCUT2D eigenvalue weighted by atomic mass is 10.1. The highest BCUT2D eigenvalue weighted by Gasteiger charge is 2.12. The first-order chi connectivity index (χ1) is 15.4. The van der Waals surface area contributed by atoms with Crippen LogP contribution in [0.3, 0.4) is 0 Å². The number of nitro groups is 1. The van der Waals surface area contributed by atoms with Crippen molar-refractivity contribution in [3.05, 3.63) is 98.2 Å². The first-order valence-corrected chi connectivity index (χ1v) is 9.91. The summed E-state index contributed by atoms with van der Waals surface area (Å²) in [6, 6.07) is 13.3. The molecule has 0 radical (unpaired) electrons. The number of carbonyl (C=O) groups excluding carboxylic acids is 1. The molecule has 0 spiro atoms. The fraction of sp³-hybridized carbons (Fsp3) is 0.182. The van der Waals surface area contributed by atoms with Crippen LogP contribution >= 0.6 is 0 Å².